The van der Waals surface area contributed by atoms with Gasteiger partial charge < -0.3 is 19.7 Å². The summed E-state index contributed by atoms with van der Waals surface area (Å²) in [6, 6.07) is 6.90. The van der Waals surface area contributed by atoms with E-state index in [2.05, 4.69) is 0 Å². The molecule has 120 valence electrons. The zero-order valence-electron chi connectivity index (χ0n) is 12.2. The maximum Gasteiger partial charge on any atom is 0.274 e. The van der Waals surface area contributed by atoms with E-state index in [1.54, 1.807) is 12.1 Å². The van der Waals surface area contributed by atoms with Crippen LogP contribution in [0.5, 0.6) is 5.75 Å². The van der Waals surface area contributed by atoms with Gasteiger partial charge in [0.2, 0.25) is 5.43 Å². The number of aliphatic hydroxyl groups excluding tert-OH is 1. The van der Waals surface area contributed by atoms with Crippen LogP contribution in [0.15, 0.2) is 35.1 Å². The molecule has 23 heavy (non-hydrogen) atoms. The zero-order valence-corrected chi connectivity index (χ0v) is 12.2. The predicted molar refractivity (Wildman–Crippen MR) is 79.4 cm³/mol. The molecule has 0 saturated heterocycles. The number of benzene rings is 1. The molecule has 0 radical (unpaired) electrons. The van der Waals surface area contributed by atoms with Gasteiger partial charge in [-0.2, -0.15) is 0 Å². The van der Waals surface area contributed by atoms with Crippen molar-refractivity contribution in [3.05, 3.63) is 63.3 Å². The van der Waals surface area contributed by atoms with E-state index in [-0.39, 0.29) is 23.7 Å². The van der Waals surface area contributed by atoms with Crippen LogP contribution in [0.4, 0.5) is 4.39 Å². The van der Waals surface area contributed by atoms with Crippen LogP contribution in [-0.2, 0) is 19.7 Å². The molecule has 3 rings (SSSR count). The highest BCUT2D eigenvalue weighted by Gasteiger charge is 2.29. The topological polar surface area (TPSA) is 82.8 Å². The molecular weight excluding hydrogens is 303 g/mol. The molecule has 0 atom stereocenters. The van der Waals surface area contributed by atoms with Gasteiger partial charge in [0, 0.05) is 31.4 Å². The van der Waals surface area contributed by atoms with Crippen molar-refractivity contribution < 1.29 is 19.4 Å². The number of carbonyl (C=O) groups excluding carboxylic acids is 1. The van der Waals surface area contributed by atoms with Gasteiger partial charge in [-0.15, -0.1) is 0 Å². The first-order valence-corrected chi connectivity index (χ1v) is 7.11. The second kappa shape index (κ2) is 5.85. The first-order chi connectivity index (χ1) is 11.0. The van der Waals surface area contributed by atoms with E-state index in [1.165, 1.54) is 21.6 Å². The fraction of sp³-hybridized carbons (Fsp3) is 0.250. The summed E-state index contributed by atoms with van der Waals surface area (Å²) in [7, 11) is 0. The Labute approximate surface area is 131 Å². The Kier molecular flexibility index (Phi) is 3.87. The van der Waals surface area contributed by atoms with Crippen molar-refractivity contribution in [3.8, 4) is 5.75 Å². The van der Waals surface area contributed by atoms with Crippen LogP contribution in [-0.4, -0.2) is 32.1 Å². The Bertz CT molecular complexity index is 814. The Morgan fingerprint density at radius 2 is 1.83 bits per heavy atom. The molecule has 0 fully saturated rings. The minimum absolute atomic E-state index is 0.116. The summed E-state index contributed by atoms with van der Waals surface area (Å²) < 4.78 is 14.4. The second-order valence-corrected chi connectivity index (χ2v) is 5.36. The van der Waals surface area contributed by atoms with Crippen molar-refractivity contribution in [1.82, 2.24) is 9.47 Å². The quantitative estimate of drug-likeness (QED) is 0.878. The van der Waals surface area contributed by atoms with Gasteiger partial charge in [-0.25, -0.2) is 4.39 Å². The number of hydrogen-bond acceptors (Lipinski definition) is 4. The lowest BCUT2D eigenvalue weighted by Gasteiger charge is -2.31. The summed E-state index contributed by atoms with van der Waals surface area (Å²) >= 11 is 0. The molecule has 7 heteroatoms. The maximum absolute atomic E-state index is 12.9. The molecule has 1 aliphatic heterocycles. The van der Waals surface area contributed by atoms with E-state index in [1.807, 2.05) is 0 Å². The Balaban J connectivity index is 1.95. The molecule has 2 aromatic rings. The van der Waals surface area contributed by atoms with Gasteiger partial charge in [-0.1, -0.05) is 12.1 Å². The lowest BCUT2D eigenvalue weighted by atomic mass is 10.1. The highest BCUT2D eigenvalue weighted by atomic mass is 19.1. The normalized spacial score (nSPS) is 14.0. The number of fused-ring (bicyclic) bond motifs is 1. The number of nitrogens with zero attached hydrogens (tertiary/aromatic N) is 2. The molecule has 6 nitrogen and oxygen atoms in total. The lowest BCUT2D eigenvalue weighted by Crippen LogP contribution is -2.42. The number of pyridine rings is 1. The third kappa shape index (κ3) is 2.70. The summed E-state index contributed by atoms with van der Waals surface area (Å²) in [4.78, 5) is 25.8. The fourth-order valence-electron chi connectivity index (χ4n) is 2.72. The van der Waals surface area contributed by atoms with E-state index in [4.69, 9.17) is 0 Å². The van der Waals surface area contributed by atoms with Crippen molar-refractivity contribution in [2.45, 2.75) is 19.7 Å². The molecule has 1 aromatic heterocycles. The van der Waals surface area contributed by atoms with E-state index in [0.717, 1.165) is 11.6 Å². The van der Waals surface area contributed by atoms with Gasteiger partial charge in [-0.05, 0) is 17.7 Å². The molecular formula is C16H15FN2O4. The van der Waals surface area contributed by atoms with E-state index < -0.39 is 23.7 Å². The highest BCUT2D eigenvalue weighted by molar-refractivity contribution is 5.95. The lowest BCUT2D eigenvalue weighted by molar-refractivity contribution is 0.0678. The molecule has 0 aliphatic carbocycles. The third-order valence-corrected chi connectivity index (χ3v) is 3.90. The van der Waals surface area contributed by atoms with Crippen molar-refractivity contribution in [2.24, 2.45) is 0 Å². The average molecular weight is 318 g/mol. The molecule has 0 bridgehead atoms. The van der Waals surface area contributed by atoms with Crippen molar-refractivity contribution in [3.63, 3.8) is 0 Å². The number of carbonyl (C=O) groups is 1. The van der Waals surface area contributed by atoms with E-state index >= 15 is 0 Å². The number of halogens is 1. The molecule has 2 heterocycles. The van der Waals surface area contributed by atoms with Gasteiger partial charge in [0.25, 0.3) is 5.91 Å². The van der Waals surface area contributed by atoms with Crippen molar-refractivity contribution >= 4 is 5.91 Å². The fourth-order valence-corrected chi connectivity index (χ4v) is 2.72. The molecule has 0 unspecified atom stereocenters. The largest absolute Gasteiger partial charge is 0.503 e. The van der Waals surface area contributed by atoms with Crippen LogP contribution >= 0.6 is 0 Å². The van der Waals surface area contributed by atoms with Crippen LogP contribution in [0.1, 0.15) is 21.7 Å². The number of aromatic hydroxyl groups is 1. The van der Waals surface area contributed by atoms with Gasteiger partial charge in [0.15, 0.2) is 11.4 Å². The third-order valence-electron chi connectivity index (χ3n) is 3.90. The monoisotopic (exact) mass is 318 g/mol. The highest BCUT2D eigenvalue weighted by Crippen LogP contribution is 2.22. The number of amides is 1. The zero-order chi connectivity index (χ0) is 16.6. The summed E-state index contributed by atoms with van der Waals surface area (Å²) in [6.07, 6.45) is 0. The van der Waals surface area contributed by atoms with Crippen LogP contribution in [0.3, 0.4) is 0 Å². The van der Waals surface area contributed by atoms with Crippen LogP contribution in [0, 0.1) is 5.82 Å². The maximum atomic E-state index is 12.9. The average Bonchev–Trinajstić information content (AvgIpc) is 2.55. The first-order valence-electron chi connectivity index (χ1n) is 7.11. The van der Waals surface area contributed by atoms with Crippen LogP contribution in [0.25, 0.3) is 0 Å². The first kappa shape index (κ1) is 15.2. The summed E-state index contributed by atoms with van der Waals surface area (Å²) in [6.45, 7) is 0.564. The number of aliphatic hydroxyl groups is 1. The molecule has 0 spiro atoms. The molecule has 1 aliphatic rings. The SMILES string of the molecule is O=C1c2c(O)c(=O)cc(CO)n2CCN1Cc1ccc(F)cc1. The van der Waals surface area contributed by atoms with E-state index in [9.17, 15) is 24.2 Å². The minimum atomic E-state index is -0.697. The summed E-state index contributed by atoms with van der Waals surface area (Å²) in [5, 5.41) is 19.3. The van der Waals surface area contributed by atoms with Crippen LogP contribution < -0.4 is 5.43 Å². The van der Waals surface area contributed by atoms with Gasteiger partial charge in [0.1, 0.15) is 5.82 Å². The molecule has 0 saturated carbocycles. The summed E-state index contributed by atoms with van der Waals surface area (Å²) in [5.41, 5.74) is 0.220. The van der Waals surface area contributed by atoms with Crippen molar-refractivity contribution in [1.29, 1.82) is 0 Å². The number of aromatic nitrogens is 1. The van der Waals surface area contributed by atoms with Crippen LogP contribution in [0.2, 0.25) is 0 Å². The van der Waals surface area contributed by atoms with Gasteiger partial charge >= 0.3 is 0 Å². The number of hydrogen-bond donors (Lipinski definition) is 2. The molecule has 1 amide bonds. The second-order valence-electron chi connectivity index (χ2n) is 5.36. The Morgan fingerprint density at radius 1 is 1.13 bits per heavy atom. The van der Waals surface area contributed by atoms with Crippen molar-refractivity contribution in [2.75, 3.05) is 6.54 Å². The van der Waals surface area contributed by atoms with Gasteiger partial charge in [-0.3, -0.25) is 9.59 Å². The number of rotatable bonds is 3. The summed E-state index contributed by atoms with van der Waals surface area (Å²) in [5.74, 6) is -1.47. The predicted octanol–water partition coefficient (Wildman–Crippen LogP) is 0.841. The molecule has 2 N–H and O–H groups in total. The standard InChI is InChI=1S/C16H15FN2O4/c17-11-3-1-10(2-4-11)8-18-5-6-19-12(9-20)7-13(21)15(22)14(19)16(18)23/h1-4,7,20,22H,5-6,8-9H2. The molecule has 1 aromatic carbocycles. The minimum Gasteiger partial charge on any atom is -0.503 e. The Morgan fingerprint density at radius 3 is 2.48 bits per heavy atom. The van der Waals surface area contributed by atoms with E-state index in [0.29, 0.717) is 13.1 Å². The smallest absolute Gasteiger partial charge is 0.274 e. The Hall–Kier alpha value is -2.67. The van der Waals surface area contributed by atoms with Gasteiger partial charge in [0.05, 0.1) is 6.61 Å².